The maximum Gasteiger partial charge on any atom is 0.108 e. The monoisotopic (exact) mass is 574 g/mol. The number of benzene rings is 7. The van der Waals surface area contributed by atoms with Crippen LogP contribution in [0.5, 0.6) is 0 Å². The summed E-state index contributed by atoms with van der Waals surface area (Å²) in [6.45, 7) is 0. The molecule has 2 unspecified atom stereocenters. The van der Waals surface area contributed by atoms with Gasteiger partial charge in [0.25, 0.3) is 0 Å². The average Bonchev–Trinajstić information content (AvgIpc) is 3.60. The SMILES string of the molecule is COC1c2ccccc2C2(c3ccccc3-c3ccccc32)c2ccc3c(c21)C(c1cccc2ccccc12)c1ccccc1-3. The van der Waals surface area contributed by atoms with Gasteiger partial charge in [0.15, 0.2) is 0 Å². The van der Waals surface area contributed by atoms with Crippen molar-refractivity contribution >= 4 is 10.8 Å². The lowest BCUT2D eigenvalue weighted by Crippen LogP contribution is -2.37. The Morgan fingerprint density at radius 3 is 1.76 bits per heavy atom. The van der Waals surface area contributed by atoms with Gasteiger partial charge < -0.3 is 4.74 Å². The second-order valence-electron chi connectivity index (χ2n) is 12.6. The molecule has 1 nitrogen and oxygen atoms in total. The summed E-state index contributed by atoms with van der Waals surface area (Å²) in [5.74, 6) is 0.0871. The second-order valence-corrected chi connectivity index (χ2v) is 12.6. The maximum absolute atomic E-state index is 6.62. The first-order valence-electron chi connectivity index (χ1n) is 15.9. The van der Waals surface area contributed by atoms with E-state index in [1.807, 2.05) is 7.11 Å². The van der Waals surface area contributed by atoms with Gasteiger partial charge in [-0.3, -0.25) is 0 Å². The highest BCUT2D eigenvalue weighted by molar-refractivity contribution is 5.93. The molecule has 1 heteroatoms. The summed E-state index contributed by atoms with van der Waals surface area (Å²) >= 11 is 0. The van der Waals surface area contributed by atoms with Crippen molar-refractivity contribution in [2.45, 2.75) is 17.4 Å². The topological polar surface area (TPSA) is 9.23 Å². The summed E-state index contributed by atoms with van der Waals surface area (Å²) in [6.07, 6.45) is -0.191. The minimum Gasteiger partial charge on any atom is -0.372 e. The molecule has 212 valence electrons. The molecule has 7 aromatic rings. The smallest absolute Gasteiger partial charge is 0.108 e. The van der Waals surface area contributed by atoms with Crippen LogP contribution in [0, 0.1) is 0 Å². The lowest BCUT2D eigenvalue weighted by atomic mass is 9.59. The molecule has 3 aliphatic carbocycles. The van der Waals surface area contributed by atoms with Crippen LogP contribution in [0.2, 0.25) is 0 Å². The zero-order chi connectivity index (χ0) is 29.7. The first-order chi connectivity index (χ1) is 22.3. The molecule has 0 N–H and O–H groups in total. The van der Waals surface area contributed by atoms with Gasteiger partial charge >= 0.3 is 0 Å². The Morgan fingerprint density at radius 2 is 1.00 bits per heavy atom. The first-order valence-corrected chi connectivity index (χ1v) is 15.9. The van der Waals surface area contributed by atoms with Gasteiger partial charge in [0.2, 0.25) is 0 Å². The largest absolute Gasteiger partial charge is 0.372 e. The van der Waals surface area contributed by atoms with Gasteiger partial charge in [-0.15, -0.1) is 0 Å². The van der Waals surface area contributed by atoms with E-state index in [-0.39, 0.29) is 12.0 Å². The first kappa shape index (κ1) is 25.1. The molecule has 3 aliphatic rings. The van der Waals surface area contributed by atoms with E-state index in [0.29, 0.717) is 0 Å². The average molecular weight is 575 g/mol. The fourth-order valence-electron chi connectivity index (χ4n) is 9.19. The molecule has 0 heterocycles. The Kier molecular flexibility index (Phi) is 5.10. The van der Waals surface area contributed by atoms with Crippen molar-refractivity contribution in [3.8, 4) is 22.3 Å². The van der Waals surface area contributed by atoms with E-state index in [2.05, 4.69) is 152 Å². The minimum absolute atomic E-state index is 0.0871. The second kappa shape index (κ2) is 9.14. The van der Waals surface area contributed by atoms with Crippen molar-refractivity contribution in [2.24, 2.45) is 0 Å². The zero-order valence-electron chi connectivity index (χ0n) is 25.0. The number of hydrogen-bond donors (Lipinski definition) is 0. The highest BCUT2D eigenvalue weighted by Crippen LogP contribution is 2.64. The van der Waals surface area contributed by atoms with E-state index >= 15 is 0 Å². The van der Waals surface area contributed by atoms with Gasteiger partial charge in [-0.05, 0) is 83.1 Å². The van der Waals surface area contributed by atoms with Gasteiger partial charge in [-0.2, -0.15) is 0 Å². The van der Waals surface area contributed by atoms with Gasteiger partial charge in [0, 0.05) is 13.0 Å². The molecule has 0 bridgehead atoms. The molecule has 2 atom stereocenters. The van der Waals surface area contributed by atoms with E-state index < -0.39 is 5.41 Å². The molecule has 0 saturated heterocycles. The summed E-state index contributed by atoms with van der Waals surface area (Å²) in [7, 11) is 1.88. The van der Waals surface area contributed by atoms with Crippen LogP contribution in [0.1, 0.15) is 62.1 Å². The Balaban J connectivity index is 1.39. The minimum atomic E-state index is -0.443. The zero-order valence-corrected chi connectivity index (χ0v) is 25.0. The summed E-state index contributed by atoms with van der Waals surface area (Å²) in [5, 5.41) is 2.58. The summed E-state index contributed by atoms with van der Waals surface area (Å²) in [4.78, 5) is 0. The molecule has 0 amide bonds. The predicted molar refractivity (Wildman–Crippen MR) is 183 cm³/mol. The van der Waals surface area contributed by atoms with Crippen LogP contribution in [0.25, 0.3) is 33.0 Å². The van der Waals surface area contributed by atoms with E-state index in [0.717, 1.165) is 0 Å². The fourth-order valence-corrected chi connectivity index (χ4v) is 9.19. The van der Waals surface area contributed by atoms with Crippen molar-refractivity contribution < 1.29 is 4.74 Å². The van der Waals surface area contributed by atoms with Gasteiger partial charge in [0.05, 0.1) is 5.41 Å². The third kappa shape index (κ3) is 3.06. The highest BCUT2D eigenvalue weighted by Gasteiger charge is 2.53. The Labute approximate surface area is 263 Å². The summed E-state index contributed by atoms with van der Waals surface area (Å²) in [6, 6.07) is 56.6. The molecule has 0 radical (unpaired) electrons. The van der Waals surface area contributed by atoms with E-state index in [9.17, 15) is 0 Å². The van der Waals surface area contributed by atoms with E-state index in [1.54, 1.807) is 0 Å². The normalized spacial score (nSPS) is 17.7. The maximum atomic E-state index is 6.62. The van der Waals surface area contributed by atoms with E-state index in [4.69, 9.17) is 4.74 Å². The van der Waals surface area contributed by atoms with Crippen LogP contribution in [0.3, 0.4) is 0 Å². The van der Waals surface area contributed by atoms with Crippen molar-refractivity contribution in [3.63, 3.8) is 0 Å². The molecule has 0 aromatic heterocycles. The van der Waals surface area contributed by atoms with Crippen LogP contribution in [-0.4, -0.2) is 7.11 Å². The third-order valence-corrected chi connectivity index (χ3v) is 10.8. The Morgan fingerprint density at radius 1 is 0.422 bits per heavy atom. The summed E-state index contributed by atoms with van der Waals surface area (Å²) < 4.78 is 6.62. The Bertz CT molecular complexity index is 2290. The van der Waals surface area contributed by atoms with Crippen molar-refractivity contribution in [3.05, 3.63) is 202 Å². The fraction of sp³-hybridized carbons (Fsp3) is 0.0909. The lowest BCUT2D eigenvalue weighted by molar-refractivity contribution is 0.130. The molecular formula is C44H30O. The molecule has 0 saturated carbocycles. The van der Waals surface area contributed by atoms with Crippen LogP contribution < -0.4 is 0 Å². The van der Waals surface area contributed by atoms with Crippen molar-refractivity contribution in [1.82, 2.24) is 0 Å². The van der Waals surface area contributed by atoms with Crippen LogP contribution in [-0.2, 0) is 10.2 Å². The number of ether oxygens (including phenoxy) is 1. The Hall–Kier alpha value is -5.24. The van der Waals surface area contributed by atoms with E-state index in [1.165, 1.54) is 83.1 Å². The number of fused-ring (bicyclic) bond motifs is 14. The number of hydrogen-bond acceptors (Lipinski definition) is 1. The molecular weight excluding hydrogens is 544 g/mol. The third-order valence-electron chi connectivity index (χ3n) is 10.8. The van der Waals surface area contributed by atoms with Gasteiger partial charge in [-0.25, -0.2) is 0 Å². The molecule has 7 aromatic carbocycles. The molecule has 1 spiro atoms. The van der Waals surface area contributed by atoms with Crippen LogP contribution in [0.15, 0.2) is 152 Å². The van der Waals surface area contributed by atoms with Gasteiger partial charge in [0.1, 0.15) is 6.10 Å². The molecule has 0 fully saturated rings. The van der Waals surface area contributed by atoms with Gasteiger partial charge in [-0.1, -0.05) is 152 Å². The lowest BCUT2D eigenvalue weighted by Gasteiger charge is -2.44. The standard InChI is InChI=1S/C44H30O/c1-45-43-35-20-8-11-24-38(35)44(36-22-9-6-17-30(36)31-18-7-10-23-37(31)44)39-26-25-34-29-16-4-5-19-33(29)40(41(34)42(39)43)32-21-12-14-27-13-2-3-15-28(27)32/h2-26,40,43H,1H3. The number of methoxy groups -OCH3 is 1. The van der Waals surface area contributed by atoms with Crippen LogP contribution >= 0.6 is 0 Å². The quantitative estimate of drug-likeness (QED) is 0.200. The van der Waals surface area contributed by atoms with Crippen molar-refractivity contribution in [2.75, 3.05) is 7.11 Å². The molecule has 10 rings (SSSR count). The molecule has 45 heavy (non-hydrogen) atoms. The van der Waals surface area contributed by atoms with Crippen LogP contribution in [0.4, 0.5) is 0 Å². The number of rotatable bonds is 2. The molecule has 0 aliphatic heterocycles. The summed E-state index contributed by atoms with van der Waals surface area (Å²) in [5.41, 5.74) is 16.9. The predicted octanol–water partition coefficient (Wildman–Crippen LogP) is 10.4. The highest BCUT2D eigenvalue weighted by atomic mass is 16.5. The van der Waals surface area contributed by atoms with Crippen molar-refractivity contribution in [1.29, 1.82) is 0 Å².